The summed E-state index contributed by atoms with van der Waals surface area (Å²) >= 11 is 0. The van der Waals surface area contributed by atoms with Crippen molar-refractivity contribution in [2.75, 3.05) is 28.4 Å². The second-order valence-corrected chi connectivity index (χ2v) is 8.29. The first-order valence-electron chi connectivity index (χ1n) is 11.4. The maximum absolute atomic E-state index is 5.93. The zero-order chi connectivity index (χ0) is 24.5. The molecule has 0 saturated carbocycles. The van der Waals surface area contributed by atoms with Crippen LogP contribution in [0, 0.1) is 6.92 Å². The van der Waals surface area contributed by atoms with Crippen LogP contribution < -0.4 is 23.5 Å². The zero-order valence-electron chi connectivity index (χ0n) is 20.6. The van der Waals surface area contributed by atoms with E-state index in [2.05, 4.69) is 47.9 Å². The van der Waals surface area contributed by atoms with Crippen molar-refractivity contribution in [1.82, 2.24) is 0 Å². The Hall–Kier alpha value is -4.25. The minimum absolute atomic E-state index is 0.705. The van der Waals surface area contributed by atoms with Crippen LogP contribution in [0.25, 0.3) is 38.6 Å². The average Bonchev–Trinajstić information content (AvgIpc) is 2.91. The van der Waals surface area contributed by atoms with Gasteiger partial charge in [-0.2, -0.15) is 4.57 Å². The maximum atomic E-state index is 5.93. The molecule has 0 fully saturated rings. The summed E-state index contributed by atoms with van der Waals surface area (Å²) in [4.78, 5) is 0. The summed E-state index contributed by atoms with van der Waals surface area (Å²) < 4.78 is 25.8. The van der Waals surface area contributed by atoms with Gasteiger partial charge in [0.2, 0.25) is 16.7 Å². The van der Waals surface area contributed by atoms with Gasteiger partial charge in [-0.3, -0.25) is 0 Å². The van der Waals surface area contributed by atoms with Gasteiger partial charge in [0.25, 0.3) is 0 Å². The van der Waals surface area contributed by atoms with Gasteiger partial charge in [-0.05, 0) is 31.2 Å². The van der Waals surface area contributed by atoms with Crippen molar-refractivity contribution in [3.05, 3.63) is 84.4 Å². The quantitative estimate of drug-likeness (QED) is 0.218. The van der Waals surface area contributed by atoms with Crippen LogP contribution in [-0.2, 0) is 0 Å². The van der Waals surface area contributed by atoms with Crippen molar-refractivity contribution in [3.8, 4) is 39.8 Å². The third kappa shape index (κ3) is 3.60. The SMILES string of the molecule is COc1cccc(OC)c1-c1c2c(OC)cccc2[n+](-c2ccc(C)cc2)c2cccc(OC)c12. The Bertz CT molecular complexity index is 1450. The molecule has 0 aliphatic carbocycles. The Morgan fingerprint density at radius 2 is 0.914 bits per heavy atom. The fourth-order valence-corrected chi connectivity index (χ4v) is 4.83. The molecule has 176 valence electrons. The van der Waals surface area contributed by atoms with E-state index in [-0.39, 0.29) is 0 Å². The van der Waals surface area contributed by atoms with Crippen molar-refractivity contribution in [2.45, 2.75) is 6.92 Å². The predicted octanol–water partition coefficient (Wildman–Crippen LogP) is 6.28. The van der Waals surface area contributed by atoms with E-state index in [1.165, 1.54) is 5.56 Å². The fraction of sp³-hybridized carbons (Fsp3) is 0.167. The highest BCUT2D eigenvalue weighted by atomic mass is 16.5. The first kappa shape index (κ1) is 22.5. The van der Waals surface area contributed by atoms with Crippen LogP contribution in [0.2, 0.25) is 0 Å². The Labute approximate surface area is 205 Å². The van der Waals surface area contributed by atoms with E-state index in [0.29, 0.717) is 11.5 Å². The number of hydrogen-bond acceptors (Lipinski definition) is 4. The maximum Gasteiger partial charge on any atom is 0.223 e. The van der Waals surface area contributed by atoms with Gasteiger partial charge in [0, 0.05) is 29.8 Å². The van der Waals surface area contributed by atoms with E-state index < -0.39 is 0 Å². The highest BCUT2D eigenvalue weighted by Crippen LogP contribution is 2.49. The molecule has 0 saturated heterocycles. The number of pyridine rings is 1. The topological polar surface area (TPSA) is 40.8 Å². The third-order valence-corrected chi connectivity index (χ3v) is 6.40. The minimum atomic E-state index is 0.705. The van der Waals surface area contributed by atoms with Crippen LogP contribution in [0.15, 0.2) is 78.9 Å². The van der Waals surface area contributed by atoms with Crippen LogP contribution in [-0.4, -0.2) is 28.4 Å². The van der Waals surface area contributed by atoms with Gasteiger partial charge in [-0.1, -0.05) is 35.9 Å². The first-order chi connectivity index (χ1) is 17.1. The molecule has 5 heteroatoms. The van der Waals surface area contributed by atoms with Crippen LogP contribution in [0.1, 0.15) is 5.56 Å². The molecule has 35 heavy (non-hydrogen) atoms. The lowest BCUT2D eigenvalue weighted by Gasteiger charge is -2.19. The molecule has 1 aromatic heterocycles. The second kappa shape index (κ2) is 9.18. The Morgan fingerprint density at radius 3 is 1.37 bits per heavy atom. The van der Waals surface area contributed by atoms with E-state index in [1.54, 1.807) is 28.4 Å². The summed E-state index contributed by atoms with van der Waals surface area (Å²) in [5.41, 5.74) is 6.02. The minimum Gasteiger partial charge on any atom is -0.496 e. The summed E-state index contributed by atoms with van der Waals surface area (Å²) in [5.74, 6) is 2.91. The molecule has 0 radical (unpaired) electrons. The number of aryl methyl sites for hydroxylation is 1. The van der Waals surface area contributed by atoms with Crippen LogP contribution in [0.3, 0.4) is 0 Å². The number of rotatable bonds is 6. The van der Waals surface area contributed by atoms with E-state index in [4.69, 9.17) is 18.9 Å². The number of nitrogens with zero attached hydrogens (tertiary/aromatic N) is 1. The van der Waals surface area contributed by atoms with Gasteiger partial charge in [-0.25, -0.2) is 0 Å². The number of benzene rings is 4. The third-order valence-electron chi connectivity index (χ3n) is 6.40. The van der Waals surface area contributed by atoms with E-state index in [1.807, 2.05) is 42.5 Å². The van der Waals surface area contributed by atoms with Crippen molar-refractivity contribution in [1.29, 1.82) is 0 Å². The van der Waals surface area contributed by atoms with Crippen LogP contribution >= 0.6 is 0 Å². The largest absolute Gasteiger partial charge is 0.496 e. The highest BCUT2D eigenvalue weighted by molar-refractivity contribution is 6.14. The van der Waals surface area contributed by atoms with Gasteiger partial charge in [0.1, 0.15) is 23.0 Å². The van der Waals surface area contributed by atoms with Gasteiger partial charge < -0.3 is 18.9 Å². The molecular weight excluding hydrogens is 438 g/mol. The lowest BCUT2D eigenvalue weighted by atomic mass is 9.92. The highest BCUT2D eigenvalue weighted by Gasteiger charge is 2.30. The lowest BCUT2D eigenvalue weighted by Crippen LogP contribution is -2.33. The first-order valence-corrected chi connectivity index (χ1v) is 11.4. The molecule has 0 spiro atoms. The molecule has 4 aromatic carbocycles. The van der Waals surface area contributed by atoms with Crippen LogP contribution in [0.5, 0.6) is 23.0 Å². The normalized spacial score (nSPS) is 11.0. The molecule has 0 atom stereocenters. The number of aromatic nitrogens is 1. The Balaban J connectivity index is 2.11. The Kier molecular flexibility index (Phi) is 5.91. The molecule has 0 aliphatic heterocycles. The van der Waals surface area contributed by atoms with Gasteiger partial charge in [-0.15, -0.1) is 0 Å². The van der Waals surface area contributed by atoms with Gasteiger partial charge in [0.15, 0.2) is 0 Å². The second-order valence-electron chi connectivity index (χ2n) is 8.29. The molecule has 0 amide bonds. The standard InChI is InChI=1S/C30H28NO4/c1-19-15-17-20(18-16-19)31-21-9-6-11-23(32-2)27(21)30(28-22(31)10-7-12-24(28)33-3)29-25(34-4)13-8-14-26(29)35-5/h6-18H,1-5H3/q+1. The monoisotopic (exact) mass is 466 g/mol. The molecule has 0 bridgehead atoms. The van der Waals surface area contributed by atoms with Crippen molar-refractivity contribution >= 4 is 21.8 Å². The molecule has 1 heterocycles. The number of fused-ring (bicyclic) bond motifs is 2. The molecule has 5 nitrogen and oxygen atoms in total. The number of ether oxygens (including phenoxy) is 4. The summed E-state index contributed by atoms with van der Waals surface area (Å²) in [7, 11) is 6.74. The predicted molar refractivity (Wildman–Crippen MR) is 139 cm³/mol. The van der Waals surface area contributed by atoms with Crippen molar-refractivity contribution in [2.24, 2.45) is 0 Å². The summed E-state index contributed by atoms with van der Waals surface area (Å²) in [6, 6.07) is 26.6. The Morgan fingerprint density at radius 1 is 0.486 bits per heavy atom. The molecule has 0 unspecified atom stereocenters. The van der Waals surface area contributed by atoms with E-state index >= 15 is 0 Å². The van der Waals surface area contributed by atoms with Gasteiger partial charge >= 0.3 is 0 Å². The van der Waals surface area contributed by atoms with E-state index in [9.17, 15) is 0 Å². The summed E-state index contributed by atoms with van der Waals surface area (Å²) in [6.07, 6.45) is 0. The van der Waals surface area contributed by atoms with Crippen LogP contribution in [0.4, 0.5) is 0 Å². The molecule has 5 rings (SSSR count). The smallest absolute Gasteiger partial charge is 0.223 e. The van der Waals surface area contributed by atoms with Gasteiger partial charge in [0.05, 0.1) is 44.8 Å². The summed E-state index contributed by atoms with van der Waals surface area (Å²) in [6.45, 7) is 2.09. The number of methoxy groups -OCH3 is 4. The average molecular weight is 467 g/mol. The van der Waals surface area contributed by atoms with E-state index in [0.717, 1.165) is 50.1 Å². The van der Waals surface area contributed by atoms with Crippen molar-refractivity contribution < 1.29 is 23.5 Å². The molecule has 0 N–H and O–H groups in total. The number of hydrogen-bond donors (Lipinski definition) is 0. The fourth-order valence-electron chi connectivity index (χ4n) is 4.83. The molecule has 0 aliphatic rings. The zero-order valence-corrected chi connectivity index (χ0v) is 20.6. The molecule has 5 aromatic rings. The summed E-state index contributed by atoms with van der Waals surface area (Å²) in [5, 5.41) is 1.88. The van der Waals surface area contributed by atoms with Crippen molar-refractivity contribution in [3.63, 3.8) is 0 Å². The lowest BCUT2D eigenvalue weighted by molar-refractivity contribution is -0.537. The molecular formula is C30H28NO4+.